The third-order valence-corrected chi connectivity index (χ3v) is 5.18. The van der Waals surface area contributed by atoms with Gasteiger partial charge in [-0.25, -0.2) is 8.42 Å². The van der Waals surface area contributed by atoms with Crippen LogP contribution in [0.4, 0.5) is 11.4 Å². The van der Waals surface area contributed by atoms with E-state index in [9.17, 15) is 13.2 Å². The summed E-state index contributed by atoms with van der Waals surface area (Å²) in [7, 11) is -3.63. The van der Waals surface area contributed by atoms with Gasteiger partial charge in [0.2, 0.25) is 15.9 Å². The Morgan fingerprint density at radius 3 is 2.41 bits per heavy atom. The maximum absolute atomic E-state index is 12.6. The smallest absolute Gasteiger partial charge is 0.245 e. The van der Waals surface area contributed by atoms with Crippen molar-refractivity contribution in [2.45, 2.75) is 33.8 Å². The fraction of sp³-hybridized carbons (Fsp3) is 0.350. The molecule has 0 bridgehead atoms. The Morgan fingerprint density at radius 2 is 1.78 bits per heavy atom. The van der Waals surface area contributed by atoms with Crippen LogP contribution in [0, 0.1) is 13.8 Å². The number of rotatable bonds is 7. The zero-order chi connectivity index (χ0) is 20.2. The number of para-hydroxylation sites is 2. The lowest BCUT2D eigenvalue weighted by Crippen LogP contribution is -2.38. The number of carbonyl (C=O) groups excluding carboxylic acids is 1. The zero-order valence-corrected chi connectivity index (χ0v) is 17.1. The van der Waals surface area contributed by atoms with Gasteiger partial charge in [-0.2, -0.15) is 0 Å². The number of hydrogen-bond acceptors (Lipinski definition) is 4. The zero-order valence-electron chi connectivity index (χ0n) is 16.3. The van der Waals surface area contributed by atoms with Crippen molar-refractivity contribution in [3.05, 3.63) is 53.6 Å². The number of hydrogen-bond donors (Lipinski definition) is 1. The van der Waals surface area contributed by atoms with Gasteiger partial charge in [0.15, 0.2) is 0 Å². The van der Waals surface area contributed by atoms with Crippen LogP contribution in [-0.2, 0) is 14.8 Å². The second-order valence-corrected chi connectivity index (χ2v) is 8.61. The van der Waals surface area contributed by atoms with E-state index in [1.807, 2.05) is 39.8 Å². The first-order valence-corrected chi connectivity index (χ1v) is 10.5. The van der Waals surface area contributed by atoms with Gasteiger partial charge in [0.05, 0.1) is 23.7 Å². The van der Waals surface area contributed by atoms with Crippen LogP contribution in [0.1, 0.15) is 25.0 Å². The SMILES string of the molecule is Cc1cccc(N(CC(=O)Nc2ccccc2OC(C)C)S(C)(=O)=O)c1C. The van der Waals surface area contributed by atoms with Crippen molar-refractivity contribution < 1.29 is 17.9 Å². The summed E-state index contributed by atoms with van der Waals surface area (Å²) in [6.07, 6.45) is 1.04. The largest absolute Gasteiger partial charge is 0.489 e. The summed E-state index contributed by atoms with van der Waals surface area (Å²) in [6, 6.07) is 12.5. The Bertz CT molecular complexity index is 923. The topological polar surface area (TPSA) is 75.7 Å². The van der Waals surface area contributed by atoms with E-state index in [1.165, 1.54) is 0 Å². The average Bonchev–Trinajstić information content (AvgIpc) is 2.56. The Hall–Kier alpha value is -2.54. The van der Waals surface area contributed by atoms with Crippen LogP contribution in [0.3, 0.4) is 0 Å². The van der Waals surface area contributed by atoms with Crippen molar-refractivity contribution in [1.29, 1.82) is 0 Å². The Labute approximate surface area is 161 Å². The second-order valence-electron chi connectivity index (χ2n) is 6.70. The van der Waals surface area contributed by atoms with Crippen LogP contribution in [0.25, 0.3) is 0 Å². The van der Waals surface area contributed by atoms with Crippen molar-refractivity contribution in [3.8, 4) is 5.75 Å². The molecule has 0 saturated heterocycles. The van der Waals surface area contributed by atoms with Gasteiger partial charge >= 0.3 is 0 Å². The predicted molar refractivity (Wildman–Crippen MR) is 109 cm³/mol. The lowest BCUT2D eigenvalue weighted by Gasteiger charge is -2.24. The quantitative estimate of drug-likeness (QED) is 0.785. The molecular formula is C20H26N2O4S. The highest BCUT2D eigenvalue weighted by Crippen LogP contribution is 2.27. The van der Waals surface area contributed by atoms with E-state index in [0.717, 1.165) is 21.7 Å². The highest BCUT2D eigenvalue weighted by Gasteiger charge is 2.23. The number of anilines is 2. The van der Waals surface area contributed by atoms with Crippen LogP contribution in [-0.4, -0.2) is 33.2 Å². The van der Waals surface area contributed by atoms with Crippen molar-refractivity contribution >= 4 is 27.3 Å². The molecule has 0 saturated carbocycles. The molecule has 2 aromatic rings. The van der Waals surface area contributed by atoms with Gasteiger partial charge in [0, 0.05) is 0 Å². The molecule has 0 fully saturated rings. The number of sulfonamides is 1. The van der Waals surface area contributed by atoms with Gasteiger partial charge < -0.3 is 10.1 Å². The molecule has 0 aliphatic heterocycles. The summed E-state index contributed by atoms with van der Waals surface area (Å²) in [5, 5.41) is 2.75. The van der Waals surface area contributed by atoms with Crippen LogP contribution >= 0.6 is 0 Å². The highest BCUT2D eigenvalue weighted by atomic mass is 32.2. The van der Waals surface area contributed by atoms with E-state index in [2.05, 4.69) is 5.32 Å². The second kappa shape index (κ2) is 8.43. The number of benzene rings is 2. The van der Waals surface area contributed by atoms with Crippen molar-refractivity contribution in [2.24, 2.45) is 0 Å². The predicted octanol–water partition coefficient (Wildman–Crippen LogP) is 3.50. The van der Waals surface area contributed by atoms with Crippen LogP contribution in [0.2, 0.25) is 0 Å². The lowest BCUT2D eigenvalue weighted by atomic mass is 10.1. The molecule has 0 heterocycles. The summed E-state index contributed by atoms with van der Waals surface area (Å²) >= 11 is 0. The molecule has 1 N–H and O–H groups in total. The van der Waals surface area contributed by atoms with Gasteiger partial charge in [-0.15, -0.1) is 0 Å². The molecule has 27 heavy (non-hydrogen) atoms. The Morgan fingerprint density at radius 1 is 1.11 bits per heavy atom. The van der Waals surface area contributed by atoms with Crippen molar-refractivity contribution in [2.75, 3.05) is 22.4 Å². The van der Waals surface area contributed by atoms with Crippen molar-refractivity contribution in [3.63, 3.8) is 0 Å². The summed E-state index contributed by atoms with van der Waals surface area (Å²) < 4.78 is 31.4. The molecule has 0 unspecified atom stereocenters. The van der Waals surface area contributed by atoms with Crippen LogP contribution in [0.5, 0.6) is 5.75 Å². The number of carbonyl (C=O) groups is 1. The average molecular weight is 391 g/mol. The minimum atomic E-state index is -3.63. The van der Waals surface area contributed by atoms with Gasteiger partial charge in [-0.3, -0.25) is 9.10 Å². The highest BCUT2D eigenvalue weighted by molar-refractivity contribution is 7.92. The normalized spacial score (nSPS) is 11.3. The molecule has 6 nitrogen and oxygen atoms in total. The van der Waals surface area contributed by atoms with E-state index < -0.39 is 15.9 Å². The number of nitrogens with one attached hydrogen (secondary N) is 1. The standard InChI is InChI=1S/C20H26N2O4S/c1-14(2)26-19-12-7-6-10-17(19)21-20(23)13-22(27(5,24)25)18-11-8-9-15(3)16(18)4/h6-12,14H,13H2,1-5H3,(H,21,23). The molecule has 0 aromatic heterocycles. The Balaban J connectivity index is 2.27. The van der Waals surface area contributed by atoms with E-state index in [-0.39, 0.29) is 12.6 Å². The lowest BCUT2D eigenvalue weighted by molar-refractivity contribution is -0.114. The van der Waals surface area contributed by atoms with E-state index in [4.69, 9.17) is 4.74 Å². The third-order valence-electron chi connectivity index (χ3n) is 4.06. The molecule has 0 radical (unpaired) electrons. The summed E-state index contributed by atoms with van der Waals surface area (Å²) in [5.41, 5.74) is 2.78. The molecule has 2 rings (SSSR count). The molecule has 146 valence electrons. The molecule has 0 aliphatic carbocycles. The summed E-state index contributed by atoms with van der Waals surface area (Å²) in [6.45, 7) is 7.21. The molecule has 0 aliphatic rings. The maximum atomic E-state index is 12.6. The summed E-state index contributed by atoms with van der Waals surface area (Å²) in [5.74, 6) is 0.0969. The first-order chi connectivity index (χ1) is 12.6. The van der Waals surface area contributed by atoms with E-state index >= 15 is 0 Å². The van der Waals surface area contributed by atoms with Gasteiger partial charge in [-0.1, -0.05) is 24.3 Å². The van der Waals surface area contributed by atoms with Gasteiger partial charge in [0.25, 0.3) is 0 Å². The number of amides is 1. The fourth-order valence-corrected chi connectivity index (χ4v) is 3.54. The fourth-order valence-electron chi connectivity index (χ4n) is 2.63. The summed E-state index contributed by atoms with van der Waals surface area (Å²) in [4.78, 5) is 12.6. The minimum absolute atomic E-state index is 0.0505. The first kappa shape index (κ1) is 20.8. The van der Waals surface area contributed by atoms with E-state index in [1.54, 1.807) is 30.3 Å². The maximum Gasteiger partial charge on any atom is 0.245 e. The van der Waals surface area contributed by atoms with Gasteiger partial charge in [0.1, 0.15) is 12.3 Å². The molecule has 1 amide bonds. The minimum Gasteiger partial charge on any atom is -0.489 e. The third kappa shape index (κ3) is 5.47. The van der Waals surface area contributed by atoms with Crippen LogP contribution in [0.15, 0.2) is 42.5 Å². The molecular weight excluding hydrogens is 364 g/mol. The molecule has 0 atom stereocenters. The van der Waals surface area contributed by atoms with Crippen LogP contribution < -0.4 is 14.4 Å². The number of nitrogens with zero attached hydrogens (tertiary/aromatic N) is 1. The van der Waals surface area contributed by atoms with Gasteiger partial charge in [-0.05, 0) is 57.0 Å². The number of aryl methyl sites for hydroxylation is 1. The monoisotopic (exact) mass is 390 g/mol. The first-order valence-electron chi connectivity index (χ1n) is 8.69. The molecule has 2 aromatic carbocycles. The Kier molecular flexibility index (Phi) is 6.49. The molecule has 0 spiro atoms. The number of ether oxygens (including phenoxy) is 1. The van der Waals surface area contributed by atoms with E-state index in [0.29, 0.717) is 17.1 Å². The molecule has 7 heteroatoms. The van der Waals surface area contributed by atoms with Crippen molar-refractivity contribution in [1.82, 2.24) is 0 Å².